The third kappa shape index (κ3) is 3.07. The first-order chi connectivity index (χ1) is 12.6. The summed E-state index contributed by atoms with van der Waals surface area (Å²) in [5.41, 5.74) is 0.0905. The highest BCUT2D eigenvalue weighted by atomic mass is 35.5. The lowest BCUT2D eigenvalue weighted by atomic mass is 10.2. The Bertz CT molecular complexity index is 1180. The van der Waals surface area contributed by atoms with Gasteiger partial charge in [-0.05, 0) is 30.3 Å². The quantitative estimate of drug-likeness (QED) is 0.554. The van der Waals surface area contributed by atoms with Gasteiger partial charge in [-0.1, -0.05) is 41.0 Å². The Morgan fingerprint density at radius 2 is 1.85 bits per heavy atom. The lowest BCUT2D eigenvalue weighted by molar-refractivity contribution is 0.102. The summed E-state index contributed by atoms with van der Waals surface area (Å²) < 4.78 is 10.5. The van der Waals surface area contributed by atoms with Gasteiger partial charge in [0.05, 0.1) is 0 Å². The SMILES string of the molecule is O=C(Nc1nnc(-c2cccc(Cl)c2)o1)c1cc2ccccc2oc1=O. The molecule has 2 aromatic carbocycles. The van der Waals surface area contributed by atoms with Gasteiger partial charge in [-0.15, -0.1) is 5.10 Å². The van der Waals surface area contributed by atoms with Gasteiger partial charge >= 0.3 is 11.6 Å². The van der Waals surface area contributed by atoms with Gasteiger partial charge in [0, 0.05) is 16.0 Å². The minimum absolute atomic E-state index is 0.141. The summed E-state index contributed by atoms with van der Waals surface area (Å²) in [5.74, 6) is -0.515. The third-order valence-electron chi connectivity index (χ3n) is 3.60. The summed E-state index contributed by atoms with van der Waals surface area (Å²) in [5, 5.41) is 11.1. The van der Waals surface area contributed by atoms with Crippen molar-refractivity contribution in [2.45, 2.75) is 0 Å². The first-order valence-electron chi connectivity index (χ1n) is 7.54. The van der Waals surface area contributed by atoms with Crippen LogP contribution in [0.4, 0.5) is 6.01 Å². The minimum atomic E-state index is -0.754. The van der Waals surface area contributed by atoms with Crippen LogP contribution in [0, 0.1) is 0 Å². The van der Waals surface area contributed by atoms with Crippen molar-refractivity contribution in [3.63, 3.8) is 0 Å². The number of aromatic nitrogens is 2. The predicted molar refractivity (Wildman–Crippen MR) is 95.2 cm³/mol. The van der Waals surface area contributed by atoms with Crippen LogP contribution >= 0.6 is 11.6 Å². The molecule has 0 aliphatic rings. The highest BCUT2D eigenvalue weighted by Crippen LogP contribution is 2.23. The maximum atomic E-state index is 12.4. The van der Waals surface area contributed by atoms with Crippen LogP contribution in [0.2, 0.25) is 5.02 Å². The molecule has 1 N–H and O–H groups in total. The normalized spacial score (nSPS) is 10.8. The number of nitrogens with one attached hydrogen (secondary N) is 1. The second kappa shape index (κ2) is 6.45. The van der Waals surface area contributed by atoms with E-state index in [-0.39, 0.29) is 17.5 Å². The summed E-state index contributed by atoms with van der Waals surface area (Å²) in [6, 6.07) is 15.0. The van der Waals surface area contributed by atoms with Crippen molar-refractivity contribution in [3.8, 4) is 11.5 Å². The smallest absolute Gasteiger partial charge is 0.349 e. The summed E-state index contributed by atoms with van der Waals surface area (Å²) >= 11 is 5.93. The molecule has 0 saturated heterocycles. The van der Waals surface area contributed by atoms with Crippen molar-refractivity contribution in [1.29, 1.82) is 0 Å². The molecule has 0 spiro atoms. The lowest BCUT2D eigenvalue weighted by Crippen LogP contribution is -2.20. The number of anilines is 1. The molecule has 4 aromatic rings. The van der Waals surface area contributed by atoms with Gasteiger partial charge in [-0.25, -0.2) is 4.79 Å². The number of hydrogen-bond donors (Lipinski definition) is 1. The molecule has 7 nitrogen and oxygen atoms in total. The van der Waals surface area contributed by atoms with Crippen LogP contribution in [0.3, 0.4) is 0 Å². The average Bonchev–Trinajstić information content (AvgIpc) is 3.09. The van der Waals surface area contributed by atoms with Gasteiger partial charge in [0.15, 0.2) is 0 Å². The monoisotopic (exact) mass is 367 g/mol. The number of para-hydroxylation sites is 1. The Labute approximate surface area is 151 Å². The predicted octanol–water partition coefficient (Wildman–Crippen LogP) is 3.75. The van der Waals surface area contributed by atoms with Crippen LogP contribution in [0.15, 0.2) is 68.2 Å². The molecule has 0 fully saturated rings. The molecule has 1 amide bonds. The molecular weight excluding hydrogens is 358 g/mol. The van der Waals surface area contributed by atoms with E-state index in [2.05, 4.69) is 15.5 Å². The molecule has 0 unspecified atom stereocenters. The molecule has 26 heavy (non-hydrogen) atoms. The molecule has 2 aromatic heterocycles. The van der Waals surface area contributed by atoms with Crippen molar-refractivity contribution < 1.29 is 13.6 Å². The standard InChI is InChI=1S/C18H10ClN3O4/c19-12-6-3-5-11(8-12)16-21-22-18(26-16)20-15(23)13-9-10-4-1-2-7-14(10)25-17(13)24/h1-9H,(H,20,22,23). The van der Waals surface area contributed by atoms with Crippen LogP contribution in [0.5, 0.6) is 0 Å². The van der Waals surface area contributed by atoms with Crippen LogP contribution in [-0.4, -0.2) is 16.1 Å². The topological polar surface area (TPSA) is 98.2 Å². The van der Waals surface area contributed by atoms with Crippen molar-refractivity contribution >= 4 is 34.5 Å². The third-order valence-corrected chi connectivity index (χ3v) is 3.84. The van der Waals surface area contributed by atoms with Gasteiger partial charge in [0.1, 0.15) is 11.1 Å². The fourth-order valence-electron chi connectivity index (χ4n) is 2.40. The number of carbonyl (C=O) groups is 1. The number of fused-ring (bicyclic) bond motifs is 1. The Balaban J connectivity index is 1.61. The molecule has 2 heterocycles. The van der Waals surface area contributed by atoms with Gasteiger partial charge in [-0.2, -0.15) is 0 Å². The van der Waals surface area contributed by atoms with E-state index in [9.17, 15) is 9.59 Å². The van der Waals surface area contributed by atoms with Gasteiger partial charge < -0.3 is 8.83 Å². The molecule has 8 heteroatoms. The highest BCUT2D eigenvalue weighted by Gasteiger charge is 2.17. The summed E-state index contributed by atoms with van der Waals surface area (Å²) in [6.45, 7) is 0. The second-order valence-corrected chi connectivity index (χ2v) is 5.80. The van der Waals surface area contributed by atoms with E-state index in [1.165, 1.54) is 6.07 Å². The Morgan fingerprint density at radius 1 is 1.00 bits per heavy atom. The van der Waals surface area contributed by atoms with Crippen LogP contribution in [0.1, 0.15) is 10.4 Å². The Hall–Kier alpha value is -3.45. The first-order valence-corrected chi connectivity index (χ1v) is 7.91. The maximum Gasteiger partial charge on any atom is 0.349 e. The van der Waals surface area contributed by atoms with E-state index in [1.54, 1.807) is 48.5 Å². The number of nitrogens with zero attached hydrogens (tertiary/aromatic N) is 2. The zero-order valence-electron chi connectivity index (χ0n) is 13.1. The van der Waals surface area contributed by atoms with E-state index in [0.717, 1.165) is 0 Å². The van der Waals surface area contributed by atoms with Crippen molar-refractivity contribution in [3.05, 3.63) is 75.6 Å². The van der Waals surface area contributed by atoms with Crippen LogP contribution in [0.25, 0.3) is 22.4 Å². The Kier molecular flexibility index (Phi) is 3.98. The number of rotatable bonds is 3. The second-order valence-electron chi connectivity index (χ2n) is 5.36. The number of carbonyl (C=O) groups excluding carboxylic acids is 1. The van der Waals surface area contributed by atoms with Crippen molar-refractivity contribution in [2.75, 3.05) is 5.32 Å². The number of amides is 1. The fourth-order valence-corrected chi connectivity index (χ4v) is 2.59. The molecule has 0 aliphatic heterocycles. The molecule has 0 aliphatic carbocycles. The maximum absolute atomic E-state index is 12.4. The molecular formula is C18H10ClN3O4. The zero-order valence-corrected chi connectivity index (χ0v) is 13.9. The average molecular weight is 368 g/mol. The summed E-state index contributed by atoms with van der Waals surface area (Å²) in [7, 11) is 0. The van der Waals surface area contributed by atoms with Gasteiger partial charge in [-0.3, -0.25) is 10.1 Å². The van der Waals surface area contributed by atoms with Crippen LogP contribution < -0.4 is 10.9 Å². The lowest BCUT2D eigenvalue weighted by Gasteiger charge is -2.01. The summed E-state index contributed by atoms with van der Waals surface area (Å²) in [4.78, 5) is 24.4. The number of benzene rings is 2. The molecule has 0 bridgehead atoms. The van der Waals surface area contributed by atoms with E-state index >= 15 is 0 Å². The van der Waals surface area contributed by atoms with E-state index in [4.69, 9.17) is 20.4 Å². The number of halogens is 1. The summed E-state index contributed by atoms with van der Waals surface area (Å²) in [6.07, 6.45) is 0. The Morgan fingerprint density at radius 3 is 2.69 bits per heavy atom. The molecule has 4 rings (SSSR count). The van der Waals surface area contributed by atoms with E-state index in [1.807, 2.05) is 0 Å². The van der Waals surface area contributed by atoms with Crippen molar-refractivity contribution in [2.24, 2.45) is 0 Å². The van der Waals surface area contributed by atoms with Gasteiger partial charge in [0.2, 0.25) is 5.89 Å². The zero-order chi connectivity index (χ0) is 18.1. The molecule has 0 atom stereocenters. The minimum Gasteiger partial charge on any atom is -0.422 e. The van der Waals surface area contributed by atoms with Gasteiger partial charge in [0.25, 0.3) is 5.91 Å². The van der Waals surface area contributed by atoms with E-state index < -0.39 is 11.5 Å². The van der Waals surface area contributed by atoms with E-state index in [0.29, 0.717) is 21.6 Å². The largest absolute Gasteiger partial charge is 0.422 e. The molecule has 0 radical (unpaired) electrons. The van der Waals surface area contributed by atoms with Crippen molar-refractivity contribution in [1.82, 2.24) is 10.2 Å². The fraction of sp³-hybridized carbons (Fsp3) is 0. The molecule has 0 saturated carbocycles. The van der Waals surface area contributed by atoms with Crippen LogP contribution in [-0.2, 0) is 0 Å². The highest BCUT2D eigenvalue weighted by molar-refractivity contribution is 6.30. The molecule has 128 valence electrons. The number of hydrogen-bond acceptors (Lipinski definition) is 6. The first kappa shape index (κ1) is 16.0.